The molecule has 6 heteroatoms. The highest BCUT2D eigenvalue weighted by Crippen LogP contribution is 2.27. The van der Waals surface area contributed by atoms with Crippen molar-refractivity contribution in [3.05, 3.63) is 58.6 Å². The molecule has 5 nitrogen and oxygen atoms in total. The third kappa shape index (κ3) is 5.96. The summed E-state index contributed by atoms with van der Waals surface area (Å²) < 4.78 is 10.5. The summed E-state index contributed by atoms with van der Waals surface area (Å²) >= 11 is 5.88. The van der Waals surface area contributed by atoms with Crippen molar-refractivity contribution in [2.24, 2.45) is 0 Å². The molecule has 0 atom stereocenters. The van der Waals surface area contributed by atoms with Gasteiger partial charge in [-0.15, -0.1) is 0 Å². The minimum Gasteiger partial charge on any atom is -0.493 e. The van der Waals surface area contributed by atoms with Crippen LogP contribution in [-0.2, 0) is 17.9 Å². The molecular formula is C19H23ClN2O3. The maximum absolute atomic E-state index is 12.1. The van der Waals surface area contributed by atoms with Gasteiger partial charge in [0.1, 0.15) is 0 Å². The molecule has 0 aliphatic heterocycles. The number of rotatable bonds is 8. The highest BCUT2D eigenvalue weighted by molar-refractivity contribution is 6.30. The van der Waals surface area contributed by atoms with E-state index in [0.717, 1.165) is 11.1 Å². The summed E-state index contributed by atoms with van der Waals surface area (Å²) in [5.41, 5.74) is 2.06. The van der Waals surface area contributed by atoms with E-state index in [4.69, 9.17) is 21.1 Å². The highest BCUT2D eigenvalue weighted by atomic mass is 35.5. The zero-order valence-corrected chi connectivity index (χ0v) is 15.5. The molecule has 0 aromatic heterocycles. The average molecular weight is 363 g/mol. The van der Waals surface area contributed by atoms with Crippen molar-refractivity contribution >= 4 is 17.5 Å². The number of carbonyl (C=O) groups is 1. The van der Waals surface area contributed by atoms with E-state index in [1.807, 2.05) is 54.4 Å². The van der Waals surface area contributed by atoms with Crippen LogP contribution in [0.25, 0.3) is 0 Å². The summed E-state index contributed by atoms with van der Waals surface area (Å²) in [7, 11) is 5.09. The number of benzene rings is 2. The largest absolute Gasteiger partial charge is 0.493 e. The van der Waals surface area contributed by atoms with Crippen LogP contribution >= 0.6 is 11.6 Å². The van der Waals surface area contributed by atoms with E-state index in [0.29, 0.717) is 36.2 Å². The van der Waals surface area contributed by atoms with Gasteiger partial charge in [0, 0.05) is 18.1 Å². The Morgan fingerprint density at radius 3 is 2.32 bits per heavy atom. The molecular weight excluding hydrogens is 340 g/mol. The maximum atomic E-state index is 12.1. The number of methoxy groups -OCH3 is 2. The summed E-state index contributed by atoms with van der Waals surface area (Å²) in [5.74, 6) is 1.28. The van der Waals surface area contributed by atoms with Gasteiger partial charge in [-0.1, -0.05) is 29.8 Å². The standard InChI is InChI=1S/C19H23ClN2O3/c1-22(12-14-4-7-16(20)8-5-14)13-19(23)21-11-15-6-9-17(24-2)18(10-15)25-3/h4-10H,11-13H2,1-3H3,(H,21,23). The van der Waals surface area contributed by atoms with Crippen LogP contribution in [0.4, 0.5) is 0 Å². The van der Waals surface area contributed by atoms with E-state index in [1.165, 1.54) is 0 Å². The monoisotopic (exact) mass is 362 g/mol. The second-order valence-electron chi connectivity index (χ2n) is 5.76. The van der Waals surface area contributed by atoms with Gasteiger partial charge in [0.15, 0.2) is 11.5 Å². The van der Waals surface area contributed by atoms with Crippen molar-refractivity contribution < 1.29 is 14.3 Å². The van der Waals surface area contributed by atoms with Gasteiger partial charge in [-0.3, -0.25) is 9.69 Å². The molecule has 1 amide bonds. The van der Waals surface area contributed by atoms with Crippen LogP contribution in [0.15, 0.2) is 42.5 Å². The first-order valence-electron chi connectivity index (χ1n) is 7.92. The maximum Gasteiger partial charge on any atom is 0.234 e. The van der Waals surface area contributed by atoms with E-state index in [-0.39, 0.29) is 5.91 Å². The molecule has 2 aromatic rings. The Balaban J connectivity index is 1.82. The second kappa shape index (κ2) is 9.30. The molecule has 0 spiro atoms. The number of nitrogens with one attached hydrogen (secondary N) is 1. The summed E-state index contributed by atoms with van der Waals surface area (Å²) in [4.78, 5) is 14.1. The van der Waals surface area contributed by atoms with E-state index < -0.39 is 0 Å². The van der Waals surface area contributed by atoms with Gasteiger partial charge in [-0.05, 0) is 42.4 Å². The SMILES string of the molecule is COc1ccc(CNC(=O)CN(C)Cc2ccc(Cl)cc2)cc1OC. The molecule has 2 aromatic carbocycles. The summed E-state index contributed by atoms with van der Waals surface area (Å²) in [6.45, 7) is 1.44. The molecule has 0 radical (unpaired) electrons. The molecule has 0 fully saturated rings. The number of hydrogen-bond donors (Lipinski definition) is 1. The predicted octanol–water partition coefficient (Wildman–Crippen LogP) is 3.11. The Labute approximate surface area is 153 Å². The number of carbonyl (C=O) groups excluding carboxylic acids is 1. The van der Waals surface area contributed by atoms with Crippen molar-refractivity contribution in [1.82, 2.24) is 10.2 Å². The van der Waals surface area contributed by atoms with Crippen molar-refractivity contribution in [1.29, 1.82) is 0 Å². The first-order valence-corrected chi connectivity index (χ1v) is 8.30. The van der Waals surface area contributed by atoms with Crippen molar-refractivity contribution in [3.8, 4) is 11.5 Å². The minimum atomic E-state index is -0.0359. The van der Waals surface area contributed by atoms with Gasteiger partial charge in [0.2, 0.25) is 5.91 Å². The molecule has 0 unspecified atom stereocenters. The zero-order chi connectivity index (χ0) is 18.2. The number of ether oxygens (including phenoxy) is 2. The Hall–Kier alpha value is -2.24. The number of halogens is 1. The molecule has 2 rings (SSSR count). The second-order valence-corrected chi connectivity index (χ2v) is 6.20. The van der Waals surface area contributed by atoms with E-state index >= 15 is 0 Å². The number of amides is 1. The smallest absolute Gasteiger partial charge is 0.234 e. The van der Waals surface area contributed by atoms with E-state index in [1.54, 1.807) is 14.2 Å². The number of nitrogens with zero attached hydrogens (tertiary/aromatic N) is 1. The fourth-order valence-corrected chi connectivity index (χ4v) is 2.58. The van der Waals surface area contributed by atoms with Gasteiger partial charge in [-0.25, -0.2) is 0 Å². The molecule has 1 N–H and O–H groups in total. The lowest BCUT2D eigenvalue weighted by Crippen LogP contribution is -2.34. The Morgan fingerprint density at radius 1 is 1.04 bits per heavy atom. The molecule has 0 aliphatic carbocycles. The lowest BCUT2D eigenvalue weighted by Gasteiger charge is -2.16. The first-order chi connectivity index (χ1) is 12.0. The topological polar surface area (TPSA) is 50.8 Å². The Bertz CT molecular complexity index is 704. The third-order valence-electron chi connectivity index (χ3n) is 3.72. The number of hydrogen-bond acceptors (Lipinski definition) is 4. The lowest BCUT2D eigenvalue weighted by molar-refractivity contribution is -0.122. The summed E-state index contributed by atoms with van der Waals surface area (Å²) in [5, 5.41) is 3.62. The summed E-state index contributed by atoms with van der Waals surface area (Å²) in [6.07, 6.45) is 0. The van der Waals surface area contributed by atoms with E-state index in [2.05, 4.69) is 5.32 Å². The fraction of sp³-hybridized carbons (Fsp3) is 0.316. The Kier molecular flexibility index (Phi) is 7.10. The van der Waals surface area contributed by atoms with Crippen LogP contribution in [0.1, 0.15) is 11.1 Å². The lowest BCUT2D eigenvalue weighted by atomic mass is 10.2. The molecule has 25 heavy (non-hydrogen) atoms. The molecule has 134 valence electrons. The molecule has 0 saturated heterocycles. The van der Waals surface area contributed by atoms with E-state index in [9.17, 15) is 4.79 Å². The zero-order valence-electron chi connectivity index (χ0n) is 14.7. The van der Waals surface area contributed by atoms with Crippen LogP contribution in [0.5, 0.6) is 11.5 Å². The van der Waals surface area contributed by atoms with Crippen LogP contribution in [0.3, 0.4) is 0 Å². The average Bonchev–Trinajstić information content (AvgIpc) is 2.61. The van der Waals surface area contributed by atoms with Gasteiger partial charge >= 0.3 is 0 Å². The molecule has 0 saturated carbocycles. The molecule has 0 heterocycles. The summed E-state index contributed by atoms with van der Waals surface area (Å²) in [6, 6.07) is 13.2. The van der Waals surface area contributed by atoms with Crippen molar-refractivity contribution in [3.63, 3.8) is 0 Å². The Morgan fingerprint density at radius 2 is 1.68 bits per heavy atom. The fourth-order valence-electron chi connectivity index (χ4n) is 2.45. The normalized spacial score (nSPS) is 10.6. The minimum absolute atomic E-state index is 0.0359. The van der Waals surface area contributed by atoms with Gasteiger partial charge in [0.25, 0.3) is 0 Å². The molecule has 0 bridgehead atoms. The van der Waals surface area contributed by atoms with Crippen molar-refractivity contribution in [2.75, 3.05) is 27.8 Å². The molecule has 0 aliphatic rings. The van der Waals surface area contributed by atoms with Crippen LogP contribution < -0.4 is 14.8 Å². The van der Waals surface area contributed by atoms with Gasteiger partial charge < -0.3 is 14.8 Å². The quantitative estimate of drug-likeness (QED) is 0.784. The van der Waals surface area contributed by atoms with Crippen LogP contribution in [0.2, 0.25) is 5.02 Å². The third-order valence-corrected chi connectivity index (χ3v) is 3.97. The predicted molar refractivity (Wildman–Crippen MR) is 99.2 cm³/mol. The van der Waals surface area contributed by atoms with Crippen LogP contribution in [-0.4, -0.2) is 38.6 Å². The van der Waals surface area contributed by atoms with Crippen molar-refractivity contribution in [2.45, 2.75) is 13.1 Å². The first kappa shape index (κ1) is 19.1. The highest BCUT2D eigenvalue weighted by Gasteiger charge is 2.09. The van der Waals surface area contributed by atoms with Gasteiger partial charge in [-0.2, -0.15) is 0 Å². The van der Waals surface area contributed by atoms with Gasteiger partial charge in [0.05, 0.1) is 20.8 Å². The number of likely N-dealkylation sites (N-methyl/N-ethyl adjacent to an activating group) is 1. The van der Waals surface area contributed by atoms with Crippen LogP contribution in [0, 0.1) is 0 Å².